The van der Waals surface area contributed by atoms with E-state index in [0.717, 1.165) is 16.7 Å². The molecule has 320 valence electrons. The number of ketones is 1. The number of carbonyl (C=O) groups is 6. The summed E-state index contributed by atoms with van der Waals surface area (Å²) in [6.45, 7) is 1.55. The van der Waals surface area contributed by atoms with Crippen LogP contribution in [0.2, 0.25) is 0 Å². The average Bonchev–Trinajstić information content (AvgIpc) is 3.23. The van der Waals surface area contributed by atoms with Gasteiger partial charge in [0.25, 0.3) is 0 Å². The smallest absolute Gasteiger partial charge is 0.242 e. The third kappa shape index (κ3) is 17.9. The highest BCUT2D eigenvalue weighted by Crippen LogP contribution is 2.12. The van der Waals surface area contributed by atoms with E-state index < -0.39 is 36.7 Å². The van der Waals surface area contributed by atoms with Crippen LogP contribution in [-0.4, -0.2) is 172 Å². The molecule has 0 aromatic heterocycles. The second-order valence-electron chi connectivity index (χ2n) is 14.3. The van der Waals surface area contributed by atoms with Crippen LogP contribution in [0.1, 0.15) is 23.6 Å². The van der Waals surface area contributed by atoms with Gasteiger partial charge in [-0.3, -0.25) is 33.7 Å². The van der Waals surface area contributed by atoms with Crippen molar-refractivity contribution in [2.24, 2.45) is 0 Å². The molecule has 0 saturated carbocycles. The maximum atomic E-state index is 14.3. The van der Waals surface area contributed by atoms with Crippen molar-refractivity contribution in [2.75, 3.05) is 107 Å². The summed E-state index contributed by atoms with van der Waals surface area (Å²) in [6, 6.07) is 27.7. The molecule has 0 atom stereocenters. The van der Waals surface area contributed by atoms with Gasteiger partial charge in [-0.1, -0.05) is 91.0 Å². The zero-order chi connectivity index (χ0) is 43.0. The van der Waals surface area contributed by atoms with Crippen LogP contribution in [0.25, 0.3) is 0 Å². The summed E-state index contributed by atoms with van der Waals surface area (Å²) in [5, 5.41) is 0. The molecule has 0 bridgehead atoms. The van der Waals surface area contributed by atoms with Gasteiger partial charge in [-0.2, -0.15) is 0 Å². The van der Waals surface area contributed by atoms with E-state index in [2.05, 4.69) is 0 Å². The summed E-state index contributed by atoms with van der Waals surface area (Å²) in [4.78, 5) is 90.7. The number of likely N-dealkylation sites (N-methyl/N-ethyl adjacent to an activating group) is 1. The maximum absolute atomic E-state index is 14.3. The lowest BCUT2D eigenvalue weighted by Crippen LogP contribution is -2.51. The molecule has 0 fully saturated rings. The van der Waals surface area contributed by atoms with Gasteiger partial charge in [-0.25, -0.2) is 0 Å². The highest BCUT2D eigenvalue weighted by atomic mass is 16.5. The Morgan fingerprint density at radius 1 is 0.407 bits per heavy atom. The number of benzene rings is 3. The summed E-state index contributed by atoms with van der Waals surface area (Å²) in [5.74, 6) is -2.43. The van der Waals surface area contributed by atoms with Crippen LogP contribution in [0.5, 0.6) is 0 Å². The summed E-state index contributed by atoms with van der Waals surface area (Å²) in [7, 11) is 6.34. The van der Waals surface area contributed by atoms with E-state index in [0.29, 0.717) is 13.2 Å². The molecular formula is C44H60N6O9. The van der Waals surface area contributed by atoms with Crippen molar-refractivity contribution < 1.29 is 43.0 Å². The fraction of sp³-hybridized carbons (Fsp3) is 0.455. The van der Waals surface area contributed by atoms with Gasteiger partial charge in [0, 0.05) is 60.6 Å². The first kappa shape index (κ1) is 47.9. The minimum absolute atomic E-state index is 0.0423. The number of hydrogen-bond acceptors (Lipinski definition) is 10. The molecule has 3 rings (SSSR count). The van der Waals surface area contributed by atoms with E-state index in [1.807, 2.05) is 95.9 Å². The third-order valence-corrected chi connectivity index (χ3v) is 9.34. The fourth-order valence-electron chi connectivity index (χ4n) is 6.07. The van der Waals surface area contributed by atoms with Crippen LogP contribution in [0.4, 0.5) is 0 Å². The average molecular weight is 817 g/mol. The topological polar surface area (TPSA) is 150 Å². The molecule has 15 heteroatoms. The van der Waals surface area contributed by atoms with Crippen LogP contribution in [-0.2, 0) is 62.6 Å². The van der Waals surface area contributed by atoms with Crippen molar-refractivity contribution in [3.63, 3.8) is 0 Å². The SMILES string of the molecule is COCCN(C)CC(=O)N(CC(=O)N(CCOC)CC(=O)N(CC(=O)N(CCOC)CC(=O)N(CC(C)=O)Cc1ccccc1)Cc1ccccc1)Cc1ccccc1. The van der Waals surface area contributed by atoms with Crippen LogP contribution < -0.4 is 0 Å². The largest absolute Gasteiger partial charge is 0.383 e. The van der Waals surface area contributed by atoms with E-state index in [9.17, 15) is 28.8 Å². The normalized spacial score (nSPS) is 10.9. The molecular weight excluding hydrogens is 757 g/mol. The lowest BCUT2D eigenvalue weighted by atomic mass is 10.2. The number of rotatable bonds is 27. The molecule has 0 saturated heterocycles. The Hall–Kier alpha value is -5.48. The summed E-state index contributed by atoms with van der Waals surface area (Å²) < 4.78 is 15.7. The first-order valence-electron chi connectivity index (χ1n) is 19.6. The zero-order valence-electron chi connectivity index (χ0n) is 35.1. The number of Topliss-reactive ketones (excluding diaryl/α,β-unsaturated/α-hetero) is 1. The van der Waals surface area contributed by atoms with E-state index in [4.69, 9.17) is 14.2 Å². The van der Waals surface area contributed by atoms with Crippen molar-refractivity contribution in [2.45, 2.75) is 26.6 Å². The predicted octanol–water partition coefficient (Wildman–Crippen LogP) is 2.19. The standard InChI is InChI=1S/C44H60N6O9/c1-36(51)27-48(28-37-15-9-6-10-16-37)43(55)32-46(22-25-58-4)42(54)35-50(30-39-19-13-8-14-20-39)44(56)33-47(23-26-59-5)41(53)34-49(29-38-17-11-7-12-18-38)40(52)31-45(2)21-24-57-3/h6-20H,21-35H2,1-5H3. The molecule has 0 aliphatic heterocycles. The van der Waals surface area contributed by atoms with E-state index >= 15 is 0 Å². The van der Waals surface area contributed by atoms with Crippen molar-refractivity contribution >= 4 is 35.3 Å². The van der Waals surface area contributed by atoms with Gasteiger partial charge in [0.2, 0.25) is 29.5 Å². The number of nitrogens with zero attached hydrogens (tertiary/aromatic N) is 6. The molecule has 0 aliphatic rings. The minimum atomic E-state index is -0.521. The molecule has 0 N–H and O–H groups in total. The fourth-order valence-corrected chi connectivity index (χ4v) is 6.07. The highest BCUT2D eigenvalue weighted by Gasteiger charge is 2.29. The summed E-state index contributed by atoms with van der Waals surface area (Å²) in [6.07, 6.45) is 0. The second kappa shape index (κ2) is 26.5. The highest BCUT2D eigenvalue weighted by molar-refractivity contribution is 5.92. The van der Waals surface area contributed by atoms with E-state index in [-0.39, 0.29) is 83.8 Å². The third-order valence-electron chi connectivity index (χ3n) is 9.34. The van der Waals surface area contributed by atoms with Gasteiger partial charge < -0.3 is 38.7 Å². The molecule has 0 unspecified atom stereocenters. The molecule has 5 amide bonds. The van der Waals surface area contributed by atoms with Crippen molar-refractivity contribution in [3.8, 4) is 0 Å². The zero-order valence-corrected chi connectivity index (χ0v) is 35.1. The Morgan fingerprint density at radius 3 is 1.03 bits per heavy atom. The van der Waals surface area contributed by atoms with Crippen LogP contribution in [0, 0.1) is 0 Å². The predicted molar refractivity (Wildman–Crippen MR) is 223 cm³/mol. The van der Waals surface area contributed by atoms with Crippen molar-refractivity contribution in [3.05, 3.63) is 108 Å². The molecule has 0 aliphatic carbocycles. The maximum Gasteiger partial charge on any atom is 0.242 e. The Kier molecular flexibility index (Phi) is 21.5. The molecule has 0 spiro atoms. The van der Waals surface area contributed by atoms with Crippen LogP contribution >= 0.6 is 0 Å². The van der Waals surface area contributed by atoms with E-state index in [1.54, 1.807) is 14.2 Å². The first-order valence-corrected chi connectivity index (χ1v) is 19.6. The number of ether oxygens (including phenoxy) is 3. The summed E-state index contributed by atoms with van der Waals surface area (Å²) >= 11 is 0. The number of hydrogen-bond donors (Lipinski definition) is 0. The first-order chi connectivity index (χ1) is 28.4. The molecule has 0 radical (unpaired) electrons. The lowest BCUT2D eigenvalue weighted by Gasteiger charge is -2.32. The van der Waals surface area contributed by atoms with Gasteiger partial charge in [-0.05, 0) is 30.7 Å². The molecule has 59 heavy (non-hydrogen) atoms. The second-order valence-corrected chi connectivity index (χ2v) is 14.3. The van der Waals surface area contributed by atoms with Crippen molar-refractivity contribution in [1.29, 1.82) is 0 Å². The van der Waals surface area contributed by atoms with Crippen LogP contribution in [0.15, 0.2) is 91.0 Å². The Balaban J connectivity index is 1.86. The Bertz CT molecular complexity index is 1750. The van der Waals surface area contributed by atoms with Crippen molar-refractivity contribution in [1.82, 2.24) is 29.4 Å². The van der Waals surface area contributed by atoms with Gasteiger partial charge in [0.1, 0.15) is 18.9 Å². The summed E-state index contributed by atoms with van der Waals surface area (Å²) in [5.41, 5.74) is 2.41. The van der Waals surface area contributed by atoms with Gasteiger partial charge in [0.05, 0.1) is 46.0 Å². The number of methoxy groups -OCH3 is 3. The van der Waals surface area contributed by atoms with Crippen LogP contribution in [0.3, 0.4) is 0 Å². The van der Waals surface area contributed by atoms with E-state index in [1.165, 1.54) is 45.6 Å². The number of carbonyl (C=O) groups excluding carboxylic acids is 6. The molecule has 0 heterocycles. The van der Waals surface area contributed by atoms with Gasteiger partial charge in [-0.15, -0.1) is 0 Å². The van der Waals surface area contributed by atoms with Gasteiger partial charge in [0.15, 0.2) is 0 Å². The lowest BCUT2D eigenvalue weighted by molar-refractivity contribution is -0.148. The minimum Gasteiger partial charge on any atom is -0.383 e. The Morgan fingerprint density at radius 2 is 0.695 bits per heavy atom. The molecule has 3 aromatic carbocycles. The molecule has 3 aromatic rings. The molecule has 15 nitrogen and oxygen atoms in total. The Labute approximate surface area is 348 Å². The quantitative estimate of drug-likeness (QED) is 0.112. The number of amides is 5. The van der Waals surface area contributed by atoms with Gasteiger partial charge >= 0.3 is 0 Å². The monoisotopic (exact) mass is 816 g/mol.